The molecule has 2 amide bonds. The molecule has 0 unspecified atom stereocenters. The van der Waals surface area contributed by atoms with Gasteiger partial charge in [0.25, 0.3) is 5.91 Å². The van der Waals surface area contributed by atoms with E-state index in [1.807, 2.05) is 18.2 Å². The Morgan fingerprint density at radius 2 is 1.61 bits per heavy atom. The average Bonchev–Trinajstić information content (AvgIpc) is 3.36. The molecule has 5 rings (SSSR count). The van der Waals surface area contributed by atoms with Crippen LogP contribution in [-0.4, -0.2) is 98.5 Å². The second-order valence-corrected chi connectivity index (χ2v) is 12.4. The van der Waals surface area contributed by atoms with E-state index in [0.29, 0.717) is 36.8 Å². The predicted molar refractivity (Wildman–Crippen MR) is 147 cm³/mol. The highest BCUT2D eigenvalue weighted by Gasteiger charge is 2.31. The van der Waals surface area contributed by atoms with Crippen molar-refractivity contribution in [2.45, 2.75) is 11.8 Å². The maximum atomic E-state index is 13.1. The number of aromatic nitrogens is 1. The molecule has 0 saturated carbocycles. The van der Waals surface area contributed by atoms with E-state index in [4.69, 9.17) is 21.3 Å². The molecule has 0 aliphatic carbocycles. The molecular formula is C25H28ClN5O5S2. The van der Waals surface area contributed by atoms with Gasteiger partial charge in [0.1, 0.15) is 0 Å². The zero-order valence-electron chi connectivity index (χ0n) is 20.9. The summed E-state index contributed by atoms with van der Waals surface area (Å²) in [6, 6.07) is 11.7. The number of anilines is 1. The van der Waals surface area contributed by atoms with Crippen LogP contribution in [0.25, 0.3) is 10.2 Å². The Bertz CT molecular complexity index is 1430. The van der Waals surface area contributed by atoms with Crippen molar-refractivity contribution in [3.8, 4) is 0 Å². The van der Waals surface area contributed by atoms with Gasteiger partial charge < -0.3 is 19.4 Å². The van der Waals surface area contributed by atoms with Gasteiger partial charge in [-0.05, 0) is 49.4 Å². The number of ether oxygens (including phenoxy) is 1. The highest BCUT2D eigenvalue weighted by Crippen LogP contribution is 2.31. The SMILES string of the molecule is CCOC(=O)N1CCN(S(=O)(=O)c2ccc(C(=O)N3CCN(c4nc5ccc(Cl)cc5s4)CC3)cc2)CC1. The molecule has 2 fully saturated rings. The van der Waals surface area contributed by atoms with Gasteiger partial charge in [0.2, 0.25) is 10.0 Å². The first kappa shape index (κ1) is 26.7. The second kappa shape index (κ2) is 11.0. The van der Waals surface area contributed by atoms with E-state index in [0.717, 1.165) is 15.3 Å². The van der Waals surface area contributed by atoms with Gasteiger partial charge in [-0.1, -0.05) is 22.9 Å². The molecule has 3 heterocycles. The molecule has 1 aromatic heterocycles. The van der Waals surface area contributed by atoms with Crippen LogP contribution >= 0.6 is 22.9 Å². The van der Waals surface area contributed by atoms with Crippen LogP contribution in [0.5, 0.6) is 0 Å². The summed E-state index contributed by atoms with van der Waals surface area (Å²) in [6.07, 6.45) is -0.432. The van der Waals surface area contributed by atoms with Crippen LogP contribution in [0.2, 0.25) is 5.02 Å². The molecule has 0 spiro atoms. The number of amides is 2. The van der Waals surface area contributed by atoms with Gasteiger partial charge >= 0.3 is 6.09 Å². The maximum Gasteiger partial charge on any atom is 0.409 e. The Morgan fingerprint density at radius 1 is 0.947 bits per heavy atom. The molecule has 2 aliphatic heterocycles. The Labute approximate surface area is 230 Å². The smallest absolute Gasteiger partial charge is 0.409 e. The summed E-state index contributed by atoms with van der Waals surface area (Å²) in [7, 11) is -3.73. The normalized spacial score (nSPS) is 17.2. The van der Waals surface area contributed by atoms with E-state index >= 15 is 0 Å². The molecule has 0 bridgehead atoms. The third-order valence-corrected chi connectivity index (χ3v) is 9.91. The third-order valence-electron chi connectivity index (χ3n) is 6.68. The average molecular weight is 578 g/mol. The van der Waals surface area contributed by atoms with Crippen molar-refractivity contribution in [2.24, 2.45) is 0 Å². The zero-order chi connectivity index (χ0) is 26.9. The molecule has 10 nitrogen and oxygen atoms in total. The number of benzene rings is 2. The first-order valence-electron chi connectivity index (χ1n) is 12.4. The van der Waals surface area contributed by atoms with Gasteiger partial charge in [-0.25, -0.2) is 18.2 Å². The minimum atomic E-state index is -3.73. The van der Waals surface area contributed by atoms with Gasteiger partial charge in [-0.2, -0.15) is 4.31 Å². The minimum Gasteiger partial charge on any atom is -0.450 e. The molecule has 0 atom stereocenters. The molecule has 13 heteroatoms. The Morgan fingerprint density at radius 3 is 2.26 bits per heavy atom. The number of thiazole rings is 1. The molecule has 3 aromatic rings. The summed E-state index contributed by atoms with van der Waals surface area (Å²) in [5, 5.41) is 1.59. The summed E-state index contributed by atoms with van der Waals surface area (Å²) in [5.41, 5.74) is 1.35. The van der Waals surface area contributed by atoms with Crippen molar-refractivity contribution in [3.05, 3.63) is 53.1 Å². The van der Waals surface area contributed by atoms with E-state index in [1.165, 1.54) is 21.3 Å². The lowest BCUT2D eigenvalue weighted by Crippen LogP contribution is -2.50. The maximum absolute atomic E-state index is 13.1. The van der Waals surface area contributed by atoms with Crippen LogP contribution in [0, 0.1) is 0 Å². The molecule has 38 heavy (non-hydrogen) atoms. The van der Waals surface area contributed by atoms with Crippen LogP contribution in [0.1, 0.15) is 17.3 Å². The van der Waals surface area contributed by atoms with Crippen molar-refractivity contribution >= 4 is 60.3 Å². The molecule has 2 saturated heterocycles. The molecule has 2 aliphatic rings. The number of sulfonamides is 1. The first-order chi connectivity index (χ1) is 18.3. The van der Waals surface area contributed by atoms with Crippen LogP contribution in [0.15, 0.2) is 47.4 Å². The lowest BCUT2D eigenvalue weighted by Gasteiger charge is -2.34. The van der Waals surface area contributed by atoms with E-state index in [1.54, 1.807) is 35.3 Å². The number of halogens is 1. The Balaban J connectivity index is 1.18. The van der Waals surface area contributed by atoms with Gasteiger partial charge in [0, 0.05) is 62.9 Å². The highest BCUT2D eigenvalue weighted by molar-refractivity contribution is 7.89. The van der Waals surface area contributed by atoms with Gasteiger partial charge in [0.15, 0.2) is 5.13 Å². The lowest BCUT2D eigenvalue weighted by molar-refractivity contribution is 0.0746. The fraction of sp³-hybridized carbons (Fsp3) is 0.400. The predicted octanol–water partition coefficient (Wildman–Crippen LogP) is 3.37. The number of fused-ring (bicyclic) bond motifs is 1. The fourth-order valence-electron chi connectivity index (χ4n) is 4.55. The number of piperazine rings is 2. The van der Waals surface area contributed by atoms with E-state index in [9.17, 15) is 18.0 Å². The topological polar surface area (TPSA) is 103 Å². The number of rotatable bonds is 5. The quantitative estimate of drug-likeness (QED) is 0.458. The number of carbonyl (C=O) groups excluding carboxylic acids is 2. The van der Waals surface area contributed by atoms with E-state index in [2.05, 4.69) is 4.90 Å². The van der Waals surface area contributed by atoms with Crippen molar-refractivity contribution in [1.29, 1.82) is 0 Å². The molecule has 2 aromatic carbocycles. The third kappa shape index (κ3) is 5.44. The Kier molecular flexibility index (Phi) is 7.75. The summed E-state index contributed by atoms with van der Waals surface area (Å²) in [5.74, 6) is -0.132. The van der Waals surface area contributed by atoms with Crippen LogP contribution in [-0.2, 0) is 14.8 Å². The summed E-state index contributed by atoms with van der Waals surface area (Å²) in [6.45, 7) is 5.32. The summed E-state index contributed by atoms with van der Waals surface area (Å²) >= 11 is 7.68. The monoisotopic (exact) mass is 577 g/mol. The van der Waals surface area contributed by atoms with Gasteiger partial charge in [-0.15, -0.1) is 0 Å². The van der Waals surface area contributed by atoms with Gasteiger partial charge in [0.05, 0.1) is 21.7 Å². The largest absolute Gasteiger partial charge is 0.450 e. The van der Waals surface area contributed by atoms with Crippen molar-refractivity contribution < 1.29 is 22.7 Å². The Hall–Kier alpha value is -2.93. The molecule has 202 valence electrons. The summed E-state index contributed by atoms with van der Waals surface area (Å²) < 4.78 is 33.6. The number of hydrogen-bond acceptors (Lipinski definition) is 8. The fourth-order valence-corrected chi connectivity index (χ4v) is 7.26. The van der Waals surface area contributed by atoms with Crippen LogP contribution < -0.4 is 4.90 Å². The van der Waals surface area contributed by atoms with Gasteiger partial charge in [-0.3, -0.25) is 4.79 Å². The molecule has 0 radical (unpaired) electrons. The van der Waals surface area contributed by atoms with E-state index < -0.39 is 16.1 Å². The van der Waals surface area contributed by atoms with Crippen LogP contribution in [0.4, 0.5) is 9.93 Å². The standard InChI is InChI=1S/C25H28ClN5O5S2/c1-2-36-25(33)30-13-15-31(16-14-30)38(34,35)20-6-3-18(4-7-20)23(32)28-9-11-29(12-10-28)24-27-21-8-5-19(26)17-22(21)37-24/h3-8,17H,2,9-16H2,1H3. The number of carbonyl (C=O) groups is 2. The second-order valence-electron chi connectivity index (χ2n) is 9.00. The van der Waals surface area contributed by atoms with Crippen molar-refractivity contribution in [3.63, 3.8) is 0 Å². The molecule has 0 N–H and O–H groups in total. The van der Waals surface area contributed by atoms with Crippen molar-refractivity contribution in [2.75, 3.05) is 63.9 Å². The lowest BCUT2D eigenvalue weighted by atomic mass is 10.2. The number of hydrogen-bond donors (Lipinski definition) is 0. The van der Waals surface area contributed by atoms with E-state index in [-0.39, 0.29) is 43.6 Å². The summed E-state index contributed by atoms with van der Waals surface area (Å²) in [4.78, 5) is 35.3. The molecular weight excluding hydrogens is 550 g/mol. The zero-order valence-corrected chi connectivity index (χ0v) is 23.3. The minimum absolute atomic E-state index is 0.124. The van der Waals surface area contributed by atoms with Crippen LogP contribution in [0.3, 0.4) is 0 Å². The first-order valence-corrected chi connectivity index (χ1v) is 15.0. The number of nitrogens with zero attached hydrogens (tertiary/aromatic N) is 5. The highest BCUT2D eigenvalue weighted by atomic mass is 35.5. The van der Waals surface area contributed by atoms with Crippen molar-refractivity contribution in [1.82, 2.24) is 19.1 Å².